The van der Waals surface area contributed by atoms with Crippen molar-refractivity contribution in [3.63, 3.8) is 0 Å². The van der Waals surface area contributed by atoms with Gasteiger partial charge < -0.3 is 10.2 Å². The van der Waals surface area contributed by atoms with Crippen LogP contribution < -0.4 is 10.2 Å². The maximum absolute atomic E-state index is 4.67. The van der Waals surface area contributed by atoms with Crippen molar-refractivity contribution >= 4 is 11.8 Å². The molecule has 4 nitrogen and oxygen atoms in total. The highest BCUT2D eigenvalue weighted by molar-refractivity contribution is 5.42. The molecule has 1 aromatic heterocycles. The molecule has 1 saturated carbocycles. The molecular weight excluding hydrogens is 272 g/mol. The van der Waals surface area contributed by atoms with E-state index < -0.39 is 0 Å². The number of hydrogen-bond acceptors (Lipinski definition) is 4. The number of nitrogens with one attached hydrogen (secondary N) is 1. The van der Waals surface area contributed by atoms with Gasteiger partial charge in [-0.1, -0.05) is 49.6 Å². The molecule has 0 aliphatic heterocycles. The Morgan fingerprint density at radius 2 is 1.86 bits per heavy atom. The van der Waals surface area contributed by atoms with Crippen LogP contribution in [-0.2, 0) is 6.54 Å². The van der Waals surface area contributed by atoms with Crippen molar-refractivity contribution in [2.24, 2.45) is 0 Å². The molecule has 1 aliphatic carbocycles. The summed E-state index contributed by atoms with van der Waals surface area (Å²) in [5.74, 6) is 1.71. The summed E-state index contributed by atoms with van der Waals surface area (Å²) in [6.07, 6.45) is 8.35. The van der Waals surface area contributed by atoms with E-state index in [0.29, 0.717) is 6.04 Å². The molecule has 3 rings (SSSR count). The number of hydrogen-bond donors (Lipinski definition) is 1. The van der Waals surface area contributed by atoms with E-state index in [1.54, 1.807) is 0 Å². The zero-order chi connectivity index (χ0) is 15.2. The largest absolute Gasteiger partial charge is 0.367 e. The molecule has 0 amide bonds. The standard InChI is InChI=1S/C18H24N4/c1-22(14-15-8-4-2-5-9-15)18-19-13-12-17(21-18)20-16-10-6-3-7-11-16/h2,4-5,8-9,12-13,16H,3,6-7,10-11,14H2,1H3,(H,19,20,21). The molecule has 22 heavy (non-hydrogen) atoms. The Kier molecular flexibility index (Phi) is 4.88. The Labute approximate surface area is 132 Å². The Morgan fingerprint density at radius 1 is 1.09 bits per heavy atom. The average molecular weight is 296 g/mol. The minimum absolute atomic E-state index is 0.566. The predicted octanol–water partition coefficient (Wildman–Crippen LogP) is 3.86. The van der Waals surface area contributed by atoms with E-state index >= 15 is 0 Å². The minimum Gasteiger partial charge on any atom is -0.367 e. The van der Waals surface area contributed by atoms with E-state index in [4.69, 9.17) is 0 Å². The van der Waals surface area contributed by atoms with Crippen molar-refractivity contribution < 1.29 is 0 Å². The lowest BCUT2D eigenvalue weighted by atomic mass is 9.95. The zero-order valence-corrected chi connectivity index (χ0v) is 13.2. The molecule has 0 atom stereocenters. The number of aromatic nitrogens is 2. The first-order valence-electron chi connectivity index (χ1n) is 8.16. The normalized spacial score (nSPS) is 15.5. The van der Waals surface area contributed by atoms with Crippen LogP contribution in [0.15, 0.2) is 42.6 Å². The second kappa shape index (κ2) is 7.25. The number of rotatable bonds is 5. The van der Waals surface area contributed by atoms with Gasteiger partial charge in [0.1, 0.15) is 5.82 Å². The van der Waals surface area contributed by atoms with E-state index in [1.807, 2.05) is 25.4 Å². The van der Waals surface area contributed by atoms with Gasteiger partial charge in [-0.15, -0.1) is 0 Å². The fourth-order valence-electron chi connectivity index (χ4n) is 3.00. The highest BCUT2D eigenvalue weighted by Gasteiger charge is 2.14. The fraction of sp³-hybridized carbons (Fsp3) is 0.444. The van der Waals surface area contributed by atoms with Crippen LogP contribution in [0.25, 0.3) is 0 Å². The molecule has 0 unspecified atom stereocenters. The van der Waals surface area contributed by atoms with Gasteiger partial charge in [-0.05, 0) is 24.5 Å². The van der Waals surface area contributed by atoms with Gasteiger partial charge in [-0.25, -0.2) is 4.98 Å². The van der Waals surface area contributed by atoms with Crippen molar-refractivity contribution in [3.8, 4) is 0 Å². The summed E-state index contributed by atoms with van der Waals surface area (Å²) in [5.41, 5.74) is 1.26. The van der Waals surface area contributed by atoms with Gasteiger partial charge in [-0.3, -0.25) is 0 Å². The van der Waals surface area contributed by atoms with Crippen molar-refractivity contribution in [1.82, 2.24) is 9.97 Å². The van der Waals surface area contributed by atoms with E-state index in [9.17, 15) is 0 Å². The van der Waals surface area contributed by atoms with Crippen molar-refractivity contribution in [2.45, 2.75) is 44.7 Å². The molecule has 4 heteroatoms. The smallest absolute Gasteiger partial charge is 0.227 e. The molecule has 0 saturated heterocycles. The monoisotopic (exact) mass is 296 g/mol. The van der Waals surface area contributed by atoms with Crippen LogP contribution in [-0.4, -0.2) is 23.1 Å². The summed E-state index contributed by atoms with van der Waals surface area (Å²) in [5, 5.41) is 3.56. The van der Waals surface area contributed by atoms with Gasteiger partial charge in [0.05, 0.1) is 0 Å². The van der Waals surface area contributed by atoms with Crippen LogP contribution in [0.4, 0.5) is 11.8 Å². The lowest BCUT2D eigenvalue weighted by Gasteiger charge is -2.24. The Balaban J connectivity index is 1.64. The van der Waals surface area contributed by atoms with Crippen LogP contribution >= 0.6 is 0 Å². The lowest BCUT2D eigenvalue weighted by molar-refractivity contribution is 0.462. The molecule has 2 aromatic rings. The summed E-state index contributed by atoms with van der Waals surface area (Å²) < 4.78 is 0. The first kappa shape index (κ1) is 14.8. The molecule has 116 valence electrons. The van der Waals surface area contributed by atoms with Gasteiger partial charge >= 0.3 is 0 Å². The molecule has 1 N–H and O–H groups in total. The third-order valence-corrected chi connectivity index (χ3v) is 4.20. The molecule has 0 radical (unpaired) electrons. The number of nitrogens with zero attached hydrogens (tertiary/aromatic N) is 3. The highest BCUT2D eigenvalue weighted by Crippen LogP contribution is 2.21. The lowest BCUT2D eigenvalue weighted by Crippen LogP contribution is -2.24. The molecular formula is C18H24N4. The van der Waals surface area contributed by atoms with E-state index in [2.05, 4.69) is 44.5 Å². The molecule has 0 spiro atoms. The Bertz CT molecular complexity index is 579. The van der Waals surface area contributed by atoms with Gasteiger partial charge in [-0.2, -0.15) is 4.98 Å². The van der Waals surface area contributed by atoms with Crippen LogP contribution in [0.3, 0.4) is 0 Å². The second-order valence-electron chi connectivity index (χ2n) is 6.06. The first-order valence-corrected chi connectivity index (χ1v) is 8.16. The van der Waals surface area contributed by atoms with Crippen LogP contribution in [0.2, 0.25) is 0 Å². The molecule has 0 bridgehead atoms. The fourth-order valence-corrected chi connectivity index (χ4v) is 3.00. The van der Waals surface area contributed by atoms with Crippen molar-refractivity contribution in [1.29, 1.82) is 0 Å². The minimum atomic E-state index is 0.566. The van der Waals surface area contributed by atoms with Gasteiger partial charge in [0.2, 0.25) is 5.95 Å². The third-order valence-electron chi connectivity index (χ3n) is 4.20. The maximum atomic E-state index is 4.67. The summed E-state index contributed by atoms with van der Waals surface area (Å²) >= 11 is 0. The summed E-state index contributed by atoms with van der Waals surface area (Å²) in [7, 11) is 2.03. The van der Waals surface area contributed by atoms with E-state index in [-0.39, 0.29) is 0 Å². The quantitative estimate of drug-likeness (QED) is 0.909. The molecule has 1 heterocycles. The summed E-state index contributed by atoms with van der Waals surface area (Å²) in [4.78, 5) is 11.2. The SMILES string of the molecule is CN(Cc1ccccc1)c1nccc(NC2CCCCC2)n1. The zero-order valence-electron chi connectivity index (χ0n) is 13.2. The van der Waals surface area contributed by atoms with Crippen LogP contribution in [0.5, 0.6) is 0 Å². The summed E-state index contributed by atoms with van der Waals surface area (Å²) in [6, 6.07) is 12.9. The number of anilines is 2. The average Bonchev–Trinajstić information content (AvgIpc) is 2.57. The molecule has 1 aromatic carbocycles. The predicted molar refractivity (Wildman–Crippen MR) is 91.1 cm³/mol. The van der Waals surface area contributed by atoms with E-state index in [0.717, 1.165) is 18.3 Å². The second-order valence-corrected chi connectivity index (χ2v) is 6.06. The van der Waals surface area contributed by atoms with Gasteiger partial charge in [0, 0.05) is 25.8 Å². The Morgan fingerprint density at radius 3 is 2.64 bits per heavy atom. The molecule has 1 aliphatic rings. The molecule has 1 fully saturated rings. The van der Waals surface area contributed by atoms with Crippen molar-refractivity contribution in [2.75, 3.05) is 17.3 Å². The van der Waals surface area contributed by atoms with Gasteiger partial charge in [0.25, 0.3) is 0 Å². The third kappa shape index (κ3) is 3.97. The first-order chi connectivity index (χ1) is 10.8. The van der Waals surface area contributed by atoms with Crippen molar-refractivity contribution in [3.05, 3.63) is 48.2 Å². The van der Waals surface area contributed by atoms with E-state index in [1.165, 1.54) is 37.7 Å². The van der Waals surface area contributed by atoms with Crippen LogP contribution in [0, 0.1) is 0 Å². The topological polar surface area (TPSA) is 41.1 Å². The summed E-state index contributed by atoms with van der Waals surface area (Å²) in [6.45, 7) is 0.813. The maximum Gasteiger partial charge on any atom is 0.227 e. The number of benzene rings is 1. The van der Waals surface area contributed by atoms with Crippen LogP contribution in [0.1, 0.15) is 37.7 Å². The van der Waals surface area contributed by atoms with Gasteiger partial charge in [0.15, 0.2) is 0 Å². The highest BCUT2D eigenvalue weighted by atomic mass is 15.2. The Hall–Kier alpha value is -2.10.